The lowest BCUT2D eigenvalue weighted by molar-refractivity contribution is -0.0143. The maximum Gasteiger partial charge on any atom is 0.530 e. The van der Waals surface area contributed by atoms with E-state index in [2.05, 4.69) is 6.92 Å². The number of ether oxygens (including phenoxy) is 1. The first-order valence-corrected chi connectivity index (χ1v) is 6.64. The Labute approximate surface area is 92.7 Å². The van der Waals surface area contributed by atoms with Crippen LogP contribution in [0.15, 0.2) is 0 Å². The first-order valence-electron chi connectivity index (χ1n) is 4.84. The molecule has 0 spiro atoms. The van der Waals surface area contributed by atoms with Crippen LogP contribution in [0.4, 0.5) is 0 Å². The van der Waals surface area contributed by atoms with Gasteiger partial charge in [-0.1, -0.05) is 6.92 Å². The van der Waals surface area contributed by atoms with Crippen LogP contribution >= 0.6 is 0 Å². The molecule has 0 bridgehead atoms. The van der Waals surface area contributed by atoms with E-state index in [1.54, 1.807) is 0 Å². The van der Waals surface area contributed by atoms with Gasteiger partial charge in [-0.05, 0) is 13.3 Å². The molecular weight excluding hydrogens is 216 g/mol. The molecule has 0 aliphatic heterocycles. The van der Waals surface area contributed by atoms with E-state index < -0.39 is 14.9 Å². The smallest absolute Gasteiger partial charge is 0.391 e. The molecular formula is C9H21O5Si. The third-order valence-corrected chi connectivity index (χ3v) is 5.18. The molecule has 0 aromatic carbocycles. The zero-order valence-corrected chi connectivity index (χ0v) is 10.9. The quantitative estimate of drug-likeness (QED) is 0.619. The van der Waals surface area contributed by atoms with Gasteiger partial charge >= 0.3 is 8.80 Å². The van der Waals surface area contributed by atoms with Crippen molar-refractivity contribution in [1.82, 2.24) is 0 Å². The van der Waals surface area contributed by atoms with Gasteiger partial charge < -0.3 is 23.1 Å². The maximum atomic E-state index is 9.04. The van der Waals surface area contributed by atoms with Crippen molar-refractivity contribution < 1.29 is 23.1 Å². The van der Waals surface area contributed by atoms with Gasteiger partial charge in [0.05, 0.1) is 12.7 Å². The van der Waals surface area contributed by atoms with E-state index in [-0.39, 0.29) is 12.3 Å². The summed E-state index contributed by atoms with van der Waals surface area (Å²) in [5.41, 5.74) is -0.283. The minimum absolute atomic E-state index is 0.142. The lowest BCUT2D eigenvalue weighted by Crippen LogP contribution is -2.55. The second-order valence-electron chi connectivity index (χ2n) is 3.10. The van der Waals surface area contributed by atoms with Crippen molar-refractivity contribution in [3.63, 3.8) is 0 Å². The van der Waals surface area contributed by atoms with E-state index in [0.29, 0.717) is 6.42 Å². The van der Waals surface area contributed by atoms with Crippen molar-refractivity contribution in [2.24, 2.45) is 0 Å². The van der Waals surface area contributed by atoms with Crippen LogP contribution in [0.25, 0.3) is 0 Å². The summed E-state index contributed by atoms with van der Waals surface area (Å²) in [7, 11) is 1.83. The summed E-state index contributed by atoms with van der Waals surface area (Å²) in [6.45, 7) is 5.51. The van der Waals surface area contributed by atoms with Crippen LogP contribution in [0.3, 0.4) is 0 Å². The van der Waals surface area contributed by atoms with Gasteiger partial charge in [-0.3, -0.25) is 0 Å². The van der Waals surface area contributed by atoms with Gasteiger partial charge in [0.1, 0.15) is 5.73 Å². The Morgan fingerprint density at radius 3 is 1.93 bits per heavy atom. The zero-order valence-electron chi connectivity index (χ0n) is 9.86. The van der Waals surface area contributed by atoms with Gasteiger partial charge in [0.25, 0.3) is 0 Å². The predicted octanol–water partition coefficient (Wildman–Crippen LogP) is 0.394. The lowest BCUT2D eigenvalue weighted by Gasteiger charge is -2.31. The standard InChI is InChI=1S/C9H21O5Si/c1-6-9(14-7-8(2)10)15(11-3,12-4)13-5/h8-10H,2,6-7H2,1,3-5H3. The lowest BCUT2D eigenvalue weighted by atomic mass is 10.4. The molecule has 0 aromatic rings. The van der Waals surface area contributed by atoms with Crippen molar-refractivity contribution >= 4 is 8.80 Å². The largest absolute Gasteiger partial charge is 0.530 e. The molecule has 0 fully saturated rings. The highest BCUT2D eigenvalue weighted by Gasteiger charge is 2.47. The van der Waals surface area contributed by atoms with E-state index in [4.69, 9.17) is 23.1 Å². The maximum absolute atomic E-state index is 9.04. The van der Waals surface area contributed by atoms with E-state index in [1.807, 2.05) is 6.92 Å². The molecule has 1 N–H and O–H groups in total. The highest BCUT2D eigenvalue weighted by atomic mass is 28.4. The minimum atomic E-state index is -2.77. The molecule has 0 rings (SSSR count). The number of hydrogen-bond donors (Lipinski definition) is 1. The molecule has 0 saturated heterocycles. The number of aliphatic hydroxyl groups is 1. The summed E-state index contributed by atoms with van der Waals surface area (Å²) in [5.74, 6) is 0. The molecule has 0 aliphatic carbocycles. The first-order chi connectivity index (χ1) is 7.06. The van der Waals surface area contributed by atoms with Gasteiger partial charge in [-0.25, -0.2) is 0 Å². The summed E-state index contributed by atoms with van der Waals surface area (Å²) < 4.78 is 21.3. The van der Waals surface area contributed by atoms with Gasteiger partial charge in [-0.2, -0.15) is 0 Å². The number of aliphatic hydroxyl groups excluding tert-OH is 1. The number of rotatable bonds is 8. The summed E-state index contributed by atoms with van der Waals surface area (Å²) in [6, 6.07) is 0. The van der Waals surface area contributed by atoms with Gasteiger partial charge in [0, 0.05) is 21.3 Å². The minimum Gasteiger partial charge on any atom is -0.391 e. The number of hydrogen-bond acceptors (Lipinski definition) is 5. The molecule has 0 saturated carbocycles. The molecule has 6 heteroatoms. The van der Waals surface area contributed by atoms with E-state index >= 15 is 0 Å². The molecule has 0 amide bonds. The van der Waals surface area contributed by atoms with Gasteiger partial charge in [0.15, 0.2) is 0 Å². The Kier molecular flexibility index (Phi) is 7.32. The third kappa shape index (κ3) is 4.18. The normalized spacial score (nSPS) is 16.4. The molecule has 0 aliphatic rings. The van der Waals surface area contributed by atoms with Crippen LogP contribution in [0.2, 0.25) is 0 Å². The van der Waals surface area contributed by atoms with Crippen molar-refractivity contribution in [1.29, 1.82) is 0 Å². The van der Waals surface area contributed by atoms with Crippen molar-refractivity contribution in [3.05, 3.63) is 6.92 Å². The predicted molar refractivity (Wildman–Crippen MR) is 58.2 cm³/mol. The average Bonchev–Trinajstić information content (AvgIpc) is 2.24. The topological polar surface area (TPSA) is 57.2 Å². The van der Waals surface area contributed by atoms with Crippen molar-refractivity contribution in [2.45, 2.75) is 25.2 Å². The second kappa shape index (κ2) is 7.32. The van der Waals surface area contributed by atoms with E-state index in [0.717, 1.165) is 0 Å². The first kappa shape index (κ1) is 15.0. The van der Waals surface area contributed by atoms with Crippen LogP contribution in [0.1, 0.15) is 13.3 Å². The molecule has 5 nitrogen and oxygen atoms in total. The highest BCUT2D eigenvalue weighted by Crippen LogP contribution is 2.18. The van der Waals surface area contributed by atoms with Crippen molar-refractivity contribution in [2.75, 3.05) is 27.9 Å². The SMILES string of the molecule is [CH2]C(O)COC(CC)[Si](OC)(OC)OC. The second-order valence-corrected chi connectivity index (χ2v) is 6.18. The van der Waals surface area contributed by atoms with Gasteiger partial charge in [0.2, 0.25) is 0 Å². The third-order valence-electron chi connectivity index (χ3n) is 2.11. The Hall–Kier alpha value is 0.0169. The summed E-state index contributed by atoms with van der Waals surface area (Å²) in [5, 5.41) is 9.04. The summed E-state index contributed by atoms with van der Waals surface area (Å²) >= 11 is 0. The Morgan fingerprint density at radius 2 is 1.67 bits per heavy atom. The Morgan fingerprint density at radius 1 is 1.20 bits per heavy atom. The van der Waals surface area contributed by atoms with Crippen molar-refractivity contribution in [3.8, 4) is 0 Å². The highest BCUT2D eigenvalue weighted by molar-refractivity contribution is 6.62. The summed E-state index contributed by atoms with van der Waals surface area (Å²) in [6.07, 6.45) is -0.0645. The van der Waals surface area contributed by atoms with Crippen LogP contribution in [0.5, 0.6) is 0 Å². The van der Waals surface area contributed by atoms with Crippen LogP contribution in [-0.2, 0) is 18.0 Å². The summed E-state index contributed by atoms with van der Waals surface area (Å²) in [4.78, 5) is 0. The molecule has 91 valence electrons. The van der Waals surface area contributed by atoms with Gasteiger partial charge in [-0.15, -0.1) is 0 Å². The fraction of sp³-hybridized carbons (Fsp3) is 0.889. The molecule has 0 heterocycles. The van der Waals surface area contributed by atoms with Crippen LogP contribution in [-0.4, -0.2) is 53.7 Å². The van der Waals surface area contributed by atoms with Crippen LogP contribution in [0, 0.1) is 6.92 Å². The zero-order chi connectivity index (χ0) is 11.9. The molecule has 0 aromatic heterocycles. The molecule has 2 unspecified atom stereocenters. The monoisotopic (exact) mass is 237 g/mol. The average molecular weight is 237 g/mol. The Balaban J connectivity index is 4.44. The fourth-order valence-corrected chi connectivity index (χ4v) is 3.43. The Bertz CT molecular complexity index is 152. The molecule has 1 radical (unpaired) electrons. The fourth-order valence-electron chi connectivity index (χ4n) is 1.34. The molecule has 2 atom stereocenters. The van der Waals surface area contributed by atoms with E-state index in [9.17, 15) is 0 Å². The van der Waals surface area contributed by atoms with Crippen LogP contribution < -0.4 is 0 Å². The van der Waals surface area contributed by atoms with E-state index in [1.165, 1.54) is 21.3 Å². The molecule has 15 heavy (non-hydrogen) atoms.